The van der Waals surface area contributed by atoms with Gasteiger partial charge in [0.05, 0.1) is 5.56 Å². The molecule has 108 valence electrons. The SMILES string of the molecule is O=C(c1ccc(O)cc1F)N1CCC2CCCCC2C1. The Morgan fingerprint density at radius 3 is 2.70 bits per heavy atom. The zero-order valence-corrected chi connectivity index (χ0v) is 11.5. The van der Waals surface area contributed by atoms with Crippen LogP contribution in [0.3, 0.4) is 0 Å². The fourth-order valence-electron chi connectivity index (χ4n) is 3.63. The zero-order valence-electron chi connectivity index (χ0n) is 11.5. The molecule has 2 atom stereocenters. The number of phenols is 1. The van der Waals surface area contributed by atoms with Gasteiger partial charge in [-0.15, -0.1) is 0 Å². The molecule has 3 rings (SSSR count). The summed E-state index contributed by atoms with van der Waals surface area (Å²) < 4.78 is 13.8. The van der Waals surface area contributed by atoms with E-state index < -0.39 is 5.82 Å². The number of piperidine rings is 1. The van der Waals surface area contributed by atoms with Crippen molar-refractivity contribution in [2.75, 3.05) is 13.1 Å². The molecule has 2 unspecified atom stereocenters. The Bertz CT molecular complexity index is 517. The molecule has 1 saturated heterocycles. The standard InChI is InChI=1S/C16H20FNO2/c17-15-9-13(19)5-6-14(15)16(20)18-8-7-11-3-1-2-4-12(11)10-18/h5-6,9,11-12,19H,1-4,7-8,10H2. The molecule has 2 fully saturated rings. The summed E-state index contributed by atoms with van der Waals surface area (Å²) >= 11 is 0. The first-order valence-corrected chi connectivity index (χ1v) is 7.43. The van der Waals surface area contributed by atoms with Gasteiger partial charge in [-0.05, 0) is 36.8 Å². The molecular weight excluding hydrogens is 257 g/mol. The molecule has 1 saturated carbocycles. The van der Waals surface area contributed by atoms with Crippen LogP contribution in [-0.4, -0.2) is 29.0 Å². The molecule has 1 aromatic rings. The quantitative estimate of drug-likeness (QED) is 0.856. The summed E-state index contributed by atoms with van der Waals surface area (Å²) in [5, 5.41) is 9.22. The second-order valence-corrected chi connectivity index (χ2v) is 6.01. The summed E-state index contributed by atoms with van der Waals surface area (Å²) in [6, 6.07) is 3.74. The molecule has 20 heavy (non-hydrogen) atoms. The largest absolute Gasteiger partial charge is 0.508 e. The Morgan fingerprint density at radius 1 is 1.20 bits per heavy atom. The fraction of sp³-hybridized carbons (Fsp3) is 0.562. The molecule has 1 amide bonds. The van der Waals surface area contributed by atoms with Gasteiger partial charge < -0.3 is 10.0 Å². The zero-order chi connectivity index (χ0) is 14.1. The minimum atomic E-state index is -0.638. The lowest BCUT2D eigenvalue weighted by Gasteiger charge is -2.41. The predicted octanol–water partition coefficient (Wildman–Crippen LogP) is 3.18. The summed E-state index contributed by atoms with van der Waals surface area (Å²) in [5.41, 5.74) is 0.0667. The molecule has 1 aliphatic heterocycles. The van der Waals surface area contributed by atoms with E-state index in [9.17, 15) is 14.3 Å². The number of likely N-dealkylation sites (tertiary alicyclic amines) is 1. The Kier molecular flexibility index (Phi) is 3.64. The third kappa shape index (κ3) is 2.51. The summed E-state index contributed by atoms with van der Waals surface area (Å²) in [5.74, 6) is 0.302. The number of fused-ring (bicyclic) bond motifs is 1. The van der Waals surface area contributed by atoms with Crippen LogP contribution in [0.15, 0.2) is 18.2 Å². The van der Waals surface area contributed by atoms with Crippen LogP contribution in [0.2, 0.25) is 0 Å². The van der Waals surface area contributed by atoms with E-state index in [-0.39, 0.29) is 17.2 Å². The van der Waals surface area contributed by atoms with Gasteiger partial charge in [0, 0.05) is 19.2 Å². The third-order valence-electron chi connectivity index (χ3n) is 4.76. The number of carbonyl (C=O) groups excluding carboxylic acids is 1. The first-order chi connectivity index (χ1) is 9.65. The Labute approximate surface area is 118 Å². The van der Waals surface area contributed by atoms with Crippen LogP contribution in [0.1, 0.15) is 42.5 Å². The van der Waals surface area contributed by atoms with Gasteiger partial charge in [-0.25, -0.2) is 4.39 Å². The van der Waals surface area contributed by atoms with Gasteiger partial charge >= 0.3 is 0 Å². The normalized spacial score (nSPS) is 26.1. The van der Waals surface area contributed by atoms with E-state index in [4.69, 9.17) is 0 Å². The van der Waals surface area contributed by atoms with Crippen LogP contribution in [0.4, 0.5) is 4.39 Å². The Hall–Kier alpha value is -1.58. The molecule has 1 aromatic carbocycles. The van der Waals surface area contributed by atoms with Gasteiger partial charge in [-0.3, -0.25) is 4.79 Å². The number of aromatic hydroxyl groups is 1. The maximum Gasteiger partial charge on any atom is 0.256 e. The number of carbonyl (C=O) groups is 1. The number of phenolic OH excluding ortho intramolecular Hbond substituents is 1. The van der Waals surface area contributed by atoms with Crippen molar-refractivity contribution in [3.05, 3.63) is 29.6 Å². The minimum Gasteiger partial charge on any atom is -0.508 e. The maximum atomic E-state index is 13.8. The lowest BCUT2D eigenvalue weighted by Crippen LogP contribution is -2.45. The van der Waals surface area contributed by atoms with E-state index in [1.807, 2.05) is 0 Å². The monoisotopic (exact) mass is 277 g/mol. The summed E-state index contributed by atoms with van der Waals surface area (Å²) in [6.45, 7) is 1.48. The van der Waals surface area contributed by atoms with E-state index in [1.54, 1.807) is 4.90 Å². The van der Waals surface area contributed by atoms with E-state index >= 15 is 0 Å². The molecule has 0 bridgehead atoms. The van der Waals surface area contributed by atoms with Crippen molar-refractivity contribution in [2.45, 2.75) is 32.1 Å². The number of amides is 1. The molecule has 4 heteroatoms. The molecule has 1 N–H and O–H groups in total. The molecule has 2 aliphatic rings. The topological polar surface area (TPSA) is 40.5 Å². The van der Waals surface area contributed by atoms with Gasteiger partial charge in [-0.2, -0.15) is 0 Å². The maximum absolute atomic E-state index is 13.8. The average Bonchev–Trinajstić information content (AvgIpc) is 2.46. The molecule has 1 aliphatic carbocycles. The fourth-order valence-corrected chi connectivity index (χ4v) is 3.63. The molecule has 0 radical (unpaired) electrons. The lowest BCUT2D eigenvalue weighted by atomic mass is 9.75. The number of hydrogen-bond acceptors (Lipinski definition) is 2. The van der Waals surface area contributed by atoms with Crippen molar-refractivity contribution >= 4 is 5.91 Å². The highest BCUT2D eigenvalue weighted by Gasteiger charge is 2.33. The molecule has 1 heterocycles. The van der Waals surface area contributed by atoms with Crippen molar-refractivity contribution in [1.82, 2.24) is 4.90 Å². The van der Waals surface area contributed by atoms with Crippen LogP contribution in [0.5, 0.6) is 5.75 Å². The van der Waals surface area contributed by atoms with E-state index in [1.165, 1.54) is 37.8 Å². The van der Waals surface area contributed by atoms with Crippen LogP contribution < -0.4 is 0 Å². The highest BCUT2D eigenvalue weighted by atomic mass is 19.1. The molecular formula is C16H20FNO2. The highest BCUT2D eigenvalue weighted by Crippen LogP contribution is 2.36. The molecule has 3 nitrogen and oxygen atoms in total. The van der Waals surface area contributed by atoms with Crippen LogP contribution >= 0.6 is 0 Å². The second-order valence-electron chi connectivity index (χ2n) is 6.01. The minimum absolute atomic E-state index is 0.0667. The van der Waals surface area contributed by atoms with Gasteiger partial charge in [0.25, 0.3) is 5.91 Å². The summed E-state index contributed by atoms with van der Waals surface area (Å²) in [4.78, 5) is 14.2. The average molecular weight is 277 g/mol. The van der Waals surface area contributed by atoms with Crippen molar-refractivity contribution < 1.29 is 14.3 Å². The van der Waals surface area contributed by atoms with Gasteiger partial charge in [-0.1, -0.05) is 19.3 Å². The Balaban J connectivity index is 1.74. The number of nitrogens with zero attached hydrogens (tertiary/aromatic N) is 1. The van der Waals surface area contributed by atoms with Crippen molar-refractivity contribution in [3.63, 3.8) is 0 Å². The van der Waals surface area contributed by atoms with Gasteiger partial charge in [0.2, 0.25) is 0 Å². The first kappa shape index (κ1) is 13.4. The first-order valence-electron chi connectivity index (χ1n) is 7.43. The Morgan fingerprint density at radius 2 is 1.95 bits per heavy atom. The lowest BCUT2D eigenvalue weighted by molar-refractivity contribution is 0.0516. The molecule has 0 spiro atoms. The highest BCUT2D eigenvalue weighted by molar-refractivity contribution is 5.94. The van der Waals surface area contributed by atoms with E-state index in [2.05, 4.69) is 0 Å². The molecule has 0 aromatic heterocycles. The number of rotatable bonds is 1. The number of halogens is 1. The number of benzene rings is 1. The smallest absolute Gasteiger partial charge is 0.256 e. The van der Waals surface area contributed by atoms with Crippen molar-refractivity contribution in [3.8, 4) is 5.75 Å². The summed E-state index contributed by atoms with van der Waals surface area (Å²) in [7, 11) is 0. The van der Waals surface area contributed by atoms with Crippen LogP contribution in [0, 0.1) is 17.7 Å². The van der Waals surface area contributed by atoms with Gasteiger partial charge in [0.1, 0.15) is 11.6 Å². The van der Waals surface area contributed by atoms with Crippen molar-refractivity contribution in [2.24, 2.45) is 11.8 Å². The van der Waals surface area contributed by atoms with E-state index in [0.29, 0.717) is 5.92 Å². The van der Waals surface area contributed by atoms with Crippen molar-refractivity contribution in [1.29, 1.82) is 0 Å². The van der Waals surface area contributed by atoms with E-state index in [0.717, 1.165) is 31.5 Å². The van der Waals surface area contributed by atoms with Crippen LogP contribution in [-0.2, 0) is 0 Å². The second kappa shape index (κ2) is 5.43. The third-order valence-corrected chi connectivity index (χ3v) is 4.76. The predicted molar refractivity (Wildman–Crippen MR) is 74.0 cm³/mol. The summed E-state index contributed by atoms with van der Waals surface area (Å²) in [6.07, 6.45) is 6.06. The van der Waals surface area contributed by atoms with Gasteiger partial charge in [0.15, 0.2) is 0 Å². The van der Waals surface area contributed by atoms with Crippen LogP contribution in [0.25, 0.3) is 0 Å². The number of hydrogen-bond donors (Lipinski definition) is 1.